The van der Waals surface area contributed by atoms with E-state index in [4.69, 9.17) is 18.9 Å². The number of amides is 2. The minimum absolute atomic E-state index is 0.0494. The molecule has 13 nitrogen and oxygen atoms in total. The van der Waals surface area contributed by atoms with Crippen molar-refractivity contribution in [3.63, 3.8) is 0 Å². The van der Waals surface area contributed by atoms with Crippen LogP contribution in [0.5, 0.6) is 0 Å². The van der Waals surface area contributed by atoms with E-state index in [1.54, 1.807) is 24.3 Å². The first-order valence-electron chi connectivity index (χ1n) is 11.6. The van der Waals surface area contributed by atoms with Crippen LogP contribution >= 0.6 is 0 Å². The van der Waals surface area contributed by atoms with Crippen molar-refractivity contribution >= 4 is 11.8 Å². The van der Waals surface area contributed by atoms with Crippen LogP contribution in [-0.2, 0) is 35.1 Å². The largest absolute Gasteiger partial charge is 0.393 e. The van der Waals surface area contributed by atoms with Crippen molar-refractivity contribution in [2.24, 2.45) is 0 Å². The summed E-state index contributed by atoms with van der Waals surface area (Å²) in [5, 5.41) is 55.7. The second kappa shape index (κ2) is 12.5. The van der Waals surface area contributed by atoms with Crippen LogP contribution in [0.15, 0.2) is 30.3 Å². The lowest BCUT2D eigenvalue weighted by atomic mass is 9.94. The molecule has 0 aliphatic carbocycles. The summed E-state index contributed by atoms with van der Waals surface area (Å²) in [6, 6.07) is 6.26. The average Bonchev–Trinajstić information content (AvgIpc) is 2.85. The smallest absolute Gasteiger partial charge is 0.263 e. The number of aliphatic hydroxyl groups excluding tert-OH is 4. The number of alkyl halides is 1. The fourth-order valence-electron chi connectivity index (χ4n) is 4.17. The summed E-state index contributed by atoms with van der Waals surface area (Å²) >= 11 is 0. The summed E-state index contributed by atoms with van der Waals surface area (Å²) in [5.74, 6) is -4.60. The Balaban J connectivity index is 1.74. The number of nitrogens with one attached hydrogen (secondary N) is 2. The highest BCUT2D eigenvalue weighted by Crippen LogP contribution is 2.32. The molecule has 0 unspecified atom stereocenters. The number of hydrogen-bond donors (Lipinski definition) is 7. The van der Waals surface area contributed by atoms with Gasteiger partial charge in [-0.3, -0.25) is 9.59 Å². The zero-order chi connectivity index (χ0) is 27.3. The molecule has 208 valence electrons. The molecule has 37 heavy (non-hydrogen) atoms. The summed E-state index contributed by atoms with van der Waals surface area (Å²) in [6.45, 7) is 0.812. The predicted molar refractivity (Wildman–Crippen MR) is 121 cm³/mol. The van der Waals surface area contributed by atoms with Gasteiger partial charge in [0.05, 0.1) is 19.8 Å². The third kappa shape index (κ3) is 6.98. The number of hydrogen-bond acceptors (Lipinski definition) is 11. The molecule has 3 rings (SSSR count). The summed E-state index contributed by atoms with van der Waals surface area (Å²) in [6.07, 6.45) is -11.4. The van der Waals surface area contributed by atoms with Crippen molar-refractivity contribution < 1.29 is 58.5 Å². The first kappa shape index (κ1) is 29.3. The van der Waals surface area contributed by atoms with E-state index < -0.39 is 86.1 Å². The van der Waals surface area contributed by atoms with E-state index in [9.17, 15) is 39.5 Å². The molecule has 2 saturated heterocycles. The Morgan fingerprint density at radius 3 is 2.16 bits per heavy atom. The maximum Gasteiger partial charge on any atom is 0.263 e. The zero-order valence-electron chi connectivity index (χ0n) is 20.3. The maximum absolute atomic E-state index is 14.6. The fourth-order valence-corrected chi connectivity index (χ4v) is 4.17. The molecule has 10 atom stereocenters. The predicted octanol–water partition coefficient (Wildman–Crippen LogP) is -2.59. The van der Waals surface area contributed by atoms with Crippen molar-refractivity contribution in [2.75, 3.05) is 13.2 Å². The van der Waals surface area contributed by atoms with Crippen LogP contribution in [0.3, 0.4) is 0 Å². The molecule has 2 aliphatic rings. The lowest BCUT2D eigenvalue weighted by Gasteiger charge is -2.46. The zero-order valence-corrected chi connectivity index (χ0v) is 20.3. The van der Waals surface area contributed by atoms with E-state index in [0.717, 1.165) is 12.5 Å². The van der Waals surface area contributed by atoms with Gasteiger partial charge in [0.15, 0.2) is 12.6 Å². The van der Waals surface area contributed by atoms with E-state index in [1.165, 1.54) is 6.92 Å². The third-order valence-electron chi connectivity index (χ3n) is 6.09. The number of halogens is 1. The number of carbonyl (C=O) groups is 2. The highest BCUT2D eigenvalue weighted by molar-refractivity contribution is 5.73. The number of carbonyl (C=O) groups excluding carboxylic acids is 2. The summed E-state index contributed by atoms with van der Waals surface area (Å²) in [5.41, 5.74) is 0.776. The minimum atomic E-state index is -3.40. The van der Waals surface area contributed by atoms with Gasteiger partial charge in [-0.05, 0) is 5.56 Å². The average molecular weight is 533 g/mol. The molecule has 1 aromatic rings. The highest BCUT2D eigenvalue weighted by atomic mass is 19.2. The SMILES string of the molecule is CC(=O)N[C@H]1[C@@H](OCc2ccccc2)O[C@H](CO[C@@H]2O[C@H](CO)[C@](O)(F)[C@H](O)[C@H]2NC(C)=O)[C@H](O)[C@@H]1O. The molecule has 2 fully saturated rings. The monoisotopic (exact) mass is 532 g/mol. The summed E-state index contributed by atoms with van der Waals surface area (Å²) < 4.78 is 36.9. The molecule has 2 heterocycles. The Bertz CT molecular complexity index is 908. The van der Waals surface area contributed by atoms with Crippen LogP contribution in [-0.4, -0.2) is 112 Å². The van der Waals surface area contributed by atoms with Crippen molar-refractivity contribution in [3.8, 4) is 0 Å². The normalized spacial score (nSPS) is 38.1. The van der Waals surface area contributed by atoms with Crippen LogP contribution in [0.2, 0.25) is 0 Å². The maximum atomic E-state index is 14.6. The van der Waals surface area contributed by atoms with Gasteiger partial charge in [-0.1, -0.05) is 30.3 Å². The Morgan fingerprint density at radius 2 is 1.57 bits per heavy atom. The molecule has 2 aliphatic heterocycles. The van der Waals surface area contributed by atoms with E-state index in [0.29, 0.717) is 0 Å². The van der Waals surface area contributed by atoms with Crippen LogP contribution in [0.25, 0.3) is 0 Å². The van der Waals surface area contributed by atoms with E-state index in [2.05, 4.69) is 10.6 Å². The van der Waals surface area contributed by atoms with Gasteiger partial charge in [-0.2, -0.15) is 0 Å². The summed E-state index contributed by atoms with van der Waals surface area (Å²) in [7, 11) is 0. The Labute approximate surface area is 212 Å². The highest BCUT2D eigenvalue weighted by Gasteiger charge is 2.57. The second-order valence-corrected chi connectivity index (χ2v) is 8.95. The van der Waals surface area contributed by atoms with Gasteiger partial charge in [0.2, 0.25) is 11.8 Å². The van der Waals surface area contributed by atoms with Crippen LogP contribution in [0, 0.1) is 0 Å². The second-order valence-electron chi connectivity index (χ2n) is 8.95. The lowest BCUT2D eigenvalue weighted by Crippen LogP contribution is -2.69. The molecule has 1 aromatic carbocycles. The Hall–Kier alpha value is -2.27. The van der Waals surface area contributed by atoms with Crippen molar-refractivity contribution in [3.05, 3.63) is 35.9 Å². The minimum Gasteiger partial charge on any atom is -0.393 e. The van der Waals surface area contributed by atoms with Crippen LogP contribution < -0.4 is 10.6 Å². The van der Waals surface area contributed by atoms with Crippen molar-refractivity contribution in [2.45, 2.75) is 81.5 Å². The van der Waals surface area contributed by atoms with Gasteiger partial charge < -0.3 is 55.1 Å². The fraction of sp³-hybridized carbons (Fsp3) is 0.652. The van der Waals surface area contributed by atoms with E-state index >= 15 is 0 Å². The van der Waals surface area contributed by atoms with Gasteiger partial charge in [0, 0.05) is 13.8 Å². The molecule has 0 saturated carbocycles. The molecule has 0 aromatic heterocycles. The van der Waals surface area contributed by atoms with Crippen molar-refractivity contribution in [1.29, 1.82) is 0 Å². The molecular weight excluding hydrogens is 499 g/mol. The molecule has 2 amide bonds. The Morgan fingerprint density at radius 1 is 0.973 bits per heavy atom. The van der Waals surface area contributed by atoms with Gasteiger partial charge >= 0.3 is 0 Å². The van der Waals surface area contributed by atoms with E-state index in [1.807, 2.05) is 6.07 Å². The molecule has 0 radical (unpaired) electrons. The number of rotatable bonds is 9. The molecule has 0 spiro atoms. The van der Waals surface area contributed by atoms with Gasteiger partial charge in [0.1, 0.15) is 42.6 Å². The summed E-state index contributed by atoms with van der Waals surface area (Å²) in [4.78, 5) is 23.3. The lowest BCUT2D eigenvalue weighted by molar-refractivity contribution is -0.349. The Kier molecular flexibility index (Phi) is 9.91. The van der Waals surface area contributed by atoms with Crippen LogP contribution in [0.4, 0.5) is 4.39 Å². The number of aliphatic hydroxyl groups is 5. The first-order chi connectivity index (χ1) is 17.4. The molecule has 14 heteroatoms. The molecule has 0 bridgehead atoms. The topological polar surface area (TPSA) is 196 Å². The van der Waals surface area contributed by atoms with E-state index in [-0.39, 0.29) is 6.61 Å². The number of ether oxygens (including phenoxy) is 4. The first-order valence-corrected chi connectivity index (χ1v) is 11.6. The van der Waals surface area contributed by atoms with Crippen LogP contribution in [0.1, 0.15) is 19.4 Å². The quantitative estimate of drug-likeness (QED) is 0.176. The van der Waals surface area contributed by atoms with Gasteiger partial charge in [-0.25, -0.2) is 4.39 Å². The number of benzene rings is 1. The standard InChI is InChI=1S/C23H33FN2O11/c1-11(28)25-16-19(31)18(30)14(36-21(16)34-9-13-6-4-3-5-7-13)10-35-22-17(26-12(2)29)20(32)23(24,33)15(8-27)37-22/h3-7,14-22,27,30-33H,8-10H2,1-2H3,(H,25,28)(H,26,29)/t14-,15-,16-,17-,18+,19-,20-,21+,22-,23-/m1/s1. The third-order valence-corrected chi connectivity index (χ3v) is 6.09. The van der Waals surface area contributed by atoms with Crippen molar-refractivity contribution in [1.82, 2.24) is 10.6 Å². The molecule has 7 N–H and O–H groups in total. The molecular formula is C23H33FN2O11. The van der Waals surface area contributed by atoms with Gasteiger partial charge in [0.25, 0.3) is 5.85 Å². The van der Waals surface area contributed by atoms with Gasteiger partial charge in [-0.15, -0.1) is 0 Å².